The van der Waals surface area contributed by atoms with Crippen LogP contribution in [0.3, 0.4) is 0 Å². The molecule has 3 amide bonds. The Hall–Kier alpha value is -4.86. The maximum atomic E-state index is 14.7. The number of ether oxygens (including phenoxy) is 2. The lowest BCUT2D eigenvalue weighted by Gasteiger charge is -2.36. The summed E-state index contributed by atoms with van der Waals surface area (Å²) >= 11 is 0. The number of amides is 3. The average molecular weight is 688 g/mol. The number of nitrogens with zero attached hydrogens (tertiary/aromatic N) is 1. The number of benzene rings is 3. The lowest BCUT2D eigenvalue weighted by Crippen LogP contribution is -2.55. The summed E-state index contributed by atoms with van der Waals surface area (Å²) in [6.45, 7) is 16.3. The van der Waals surface area contributed by atoms with E-state index in [-0.39, 0.29) is 25.1 Å². The van der Waals surface area contributed by atoms with Crippen LogP contribution in [0.1, 0.15) is 88.7 Å². The molecule has 0 aliphatic heterocycles. The topological polar surface area (TPSA) is 134 Å². The molecule has 3 unspecified atom stereocenters. The molecule has 0 saturated heterocycles. The Morgan fingerprint density at radius 1 is 0.760 bits per heavy atom. The molecule has 3 rings (SSSR count). The van der Waals surface area contributed by atoms with Gasteiger partial charge in [0.15, 0.2) is 0 Å². The number of aromatic hydroxyl groups is 1. The summed E-state index contributed by atoms with van der Waals surface area (Å²) in [6.07, 6.45) is -0.0505. The number of phenols is 1. The summed E-state index contributed by atoms with van der Waals surface area (Å²) < 4.78 is 11.3. The Morgan fingerprint density at radius 3 is 1.90 bits per heavy atom. The predicted octanol–water partition coefficient (Wildman–Crippen LogP) is 6.49. The van der Waals surface area contributed by atoms with Crippen molar-refractivity contribution < 1.29 is 33.8 Å². The fourth-order valence-electron chi connectivity index (χ4n) is 5.57. The molecule has 3 N–H and O–H groups in total. The van der Waals surface area contributed by atoms with E-state index < -0.39 is 53.2 Å². The normalized spacial score (nSPS) is 13.4. The molecular weight excluding hydrogens is 634 g/mol. The van der Waals surface area contributed by atoms with Crippen molar-refractivity contribution in [2.75, 3.05) is 6.54 Å². The Morgan fingerprint density at radius 2 is 1.34 bits per heavy atom. The highest BCUT2D eigenvalue weighted by molar-refractivity contribution is 5.94. The number of hydrogen-bond donors (Lipinski definition) is 3. The molecule has 0 saturated carbocycles. The smallest absolute Gasteiger partial charge is 0.408 e. The van der Waals surface area contributed by atoms with Gasteiger partial charge in [-0.05, 0) is 96.2 Å². The fourth-order valence-corrected chi connectivity index (χ4v) is 5.57. The Labute approximate surface area is 296 Å². The van der Waals surface area contributed by atoms with Crippen molar-refractivity contribution in [2.45, 2.75) is 111 Å². The number of carbonyl (C=O) groups excluding carboxylic acids is 4. The van der Waals surface area contributed by atoms with Crippen LogP contribution < -0.4 is 10.6 Å². The van der Waals surface area contributed by atoms with Gasteiger partial charge in [0.05, 0.1) is 0 Å². The summed E-state index contributed by atoms with van der Waals surface area (Å²) in [6, 6.07) is 17.9. The highest BCUT2D eigenvalue weighted by atomic mass is 16.6. The van der Waals surface area contributed by atoms with Crippen molar-refractivity contribution in [3.05, 3.63) is 101 Å². The second-order valence-electron chi connectivity index (χ2n) is 14.6. The molecule has 0 fully saturated rings. The van der Waals surface area contributed by atoms with Crippen molar-refractivity contribution in [2.24, 2.45) is 0 Å². The van der Waals surface area contributed by atoms with Gasteiger partial charge >= 0.3 is 12.1 Å². The molecule has 3 aromatic rings. The van der Waals surface area contributed by atoms with Crippen molar-refractivity contribution in [1.29, 1.82) is 0 Å². The van der Waals surface area contributed by atoms with Crippen LogP contribution in [0, 0.1) is 13.8 Å². The van der Waals surface area contributed by atoms with Crippen LogP contribution in [0.4, 0.5) is 4.79 Å². The fraction of sp³-hybridized carbons (Fsp3) is 0.450. The predicted molar refractivity (Wildman–Crippen MR) is 194 cm³/mol. The number of nitrogens with one attached hydrogen (secondary N) is 2. The molecule has 0 bridgehead atoms. The standard InChI is InChI=1S/C40H53N3O7/c1-10-22-43(36(46)32(42-38(48)50-40(7,8)9)24-29-17-19-30(44)20-18-29)34(31-21-16-26(2)23-27(31)3)35(45)41-33(37(47)49-39(4,5)6)25-28-14-12-11-13-15-28/h11-21,23,32-34,44H,10,22,24-25H2,1-9H3,(H,41,45)(H,42,48). The number of phenolic OH excluding ortho intramolecular Hbond substituents is 1. The SMILES string of the molecule is CCCN(C(=O)C(Cc1ccc(O)cc1)NC(=O)OC(C)(C)C)C(C(=O)NC(Cc1ccccc1)C(=O)OC(C)(C)C)c1ccc(C)cc1C. The van der Waals surface area contributed by atoms with E-state index >= 15 is 0 Å². The highest BCUT2D eigenvalue weighted by Gasteiger charge is 2.38. The van der Waals surface area contributed by atoms with E-state index in [0.29, 0.717) is 17.5 Å². The Balaban J connectivity index is 2.12. The number of esters is 1. The lowest BCUT2D eigenvalue weighted by atomic mass is 9.95. The van der Waals surface area contributed by atoms with Gasteiger partial charge < -0.3 is 30.1 Å². The van der Waals surface area contributed by atoms with Gasteiger partial charge in [0.25, 0.3) is 0 Å². The highest BCUT2D eigenvalue weighted by Crippen LogP contribution is 2.28. The third kappa shape index (κ3) is 12.2. The van der Waals surface area contributed by atoms with Crippen LogP contribution in [0.5, 0.6) is 5.75 Å². The summed E-state index contributed by atoms with van der Waals surface area (Å²) in [5.74, 6) is -1.61. The van der Waals surface area contributed by atoms with Crippen LogP contribution in [-0.4, -0.2) is 63.7 Å². The molecule has 50 heavy (non-hydrogen) atoms. The van der Waals surface area contributed by atoms with Crippen LogP contribution in [0.15, 0.2) is 72.8 Å². The van der Waals surface area contributed by atoms with E-state index in [2.05, 4.69) is 10.6 Å². The second-order valence-corrected chi connectivity index (χ2v) is 14.6. The minimum atomic E-state index is -1.16. The zero-order valence-corrected chi connectivity index (χ0v) is 30.8. The zero-order valence-electron chi connectivity index (χ0n) is 30.8. The largest absolute Gasteiger partial charge is 0.508 e. The van der Waals surface area contributed by atoms with Crippen molar-refractivity contribution in [1.82, 2.24) is 15.5 Å². The average Bonchev–Trinajstić information content (AvgIpc) is 3.00. The van der Waals surface area contributed by atoms with Gasteiger partial charge in [0, 0.05) is 19.4 Å². The monoisotopic (exact) mass is 687 g/mol. The van der Waals surface area contributed by atoms with E-state index in [1.54, 1.807) is 53.7 Å². The molecule has 3 aromatic carbocycles. The first kappa shape index (κ1) is 39.6. The van der Waals surface area contributed by atoms with E-state index in [0.717, 1.165) is 16.7 Å². The Bertz CT molecular complexity index is 1610. The summed E-state index contributed by atoms with van der Waals surface area (Å²) in [4.78, 5) is 57.5. The zero-order chi connectivity index (χ0) is 37.2. The first-order chi connectivity index (χ1) is 23.4. The number of alkyl carbamates (subject to hydrolysis) is 1. The quantitative estimate of drug-likeness (QED) is 0.175. The third-order valence-electron chi connectivity index (χ3n) is 7.68. The van der Waals surface area contributed by atoms with Gasteiger partial charge in [0.2, 0.25) is 11.8 Å². The van der Waals surface area contributed by atoms with E-state index in [9.17, 15) is 24.3 Å². The molecular formula is C40H53N3O7. The van der Waals surface area contributed by atoms with Crippen molar-refractivity contribution in [3.8, 4) is 5.75 Å². The van der Waals surface area contributed by atoms with Gasteiger partial charge in [0.1, 0.15) is 35.1 Å². The third-order valence-corrected chi connectivity index (χ3v) is 7.68. The summed E-state index contributed by atoms with van der Waals surface area (Å²) in [7, 11) is 0. The van der Waals surface area contributed by atoms with Crippen LogP contribution in [0.25, 0.3) is 0 Å². The minimum Gasteiger partial charge on any atom is -0.508 e. The van der Waals surface area contributed by atoms with E-state index in [1.807, 2.05) is 69.3 Å². The molecule has 0 spiro atoms. The van der Waals surface area contributed by atoms with E-state index in [1.165, 1.54) is 17.0 Å². The molecule has 0 radical (unpaired) electrons. The van der Waals surface area contributed by atoms with Gasteiger partial charge in [-0.25, -0.2) is 9.59 Å². The van der Waals surface area contributed by atoms with Gasteiger partial charge in [-0.3, -0.25) is 9.59 Å². The lowest BCUT2D eigenvalue weighted by molar-refractivity contribution is -0.159. The minimum absolute atomic E-state index is 0.0611. The first-order valence-electron chi connectivity index (χ1n) is 17.1. The summed E-state index contributed by atoms with van der Waals surface area (Å²) in [5, 5.41) is 15.5. The molecule has 0 aliphatic rings. The first-order valence-corrected chi connectivity index (χ1v) is 17.1. The summed E-state index contributed by atoms with van der Waals surface area (Å²) in [5.41, 5.74) is 2.21. The van der Waals surface area contributed by atoms with E-state index in [4.69, 9.17) is 9.47 Å². The maximum absolute atomic E-state index is 14.7. The number of rotatable bonds is 13. The van der Waals surface area contributed by atoms with Crippen LogP contribution in [0.2, 0.25) is 0 Å². The number of hydrogen-bond acceptors (Lipinski definition) is 7. The Kier molecular flexibility index (Phi) is 13.6. The number of aryl methyl sites for hydroxylation is 2. The number of carbonyl (C=O) groups is 4. The molecule has 3 atom stereocenters. The van der Waals surface area contributed by atoms with Gasteiger partial charge in [-0.15, -0.1) is 0 Å². The molecule has 270 valence electrons. The van der Waals surface area contributed by atoms with Crippen LogP contribution in [-0.2, 0) is 36.7 Å². The van der Waals surface area contributed by atoms with Crippen molar-refractivity contribution in [3.63, 3.8) is 0 Å². The molecule has 0 aromatic heterocycles. The second kappa shape index (κ2) is 17.2. The van der Waals surface area contributed by atoms with Crippen LogP contribution >= 0.6 is 0 Å². The molecule has 0 aliphatic carbocycles. The van der Waals surface area contributed by atoms with Gasteiger partial charge in [-0.1, -0.05) is 73.2 Å². The van der Waals surface area contributed by atoms with Crippen molar-refractivity contribution >= 4 is 23.9 Å². The molecule has 10 nitrogen and oxygen atoms in total. The maximum Gasteiger partial charge on any atom is 0.408 e. The molecule has 10 heteroatoms. The molecule has 0 heterocycles. The van der Waals surface area contributed by atoms with Gasteiger partial charge in [-0.2, -0.15) is 0 Å².